The Morgan fingerprint density at radius 2 is 1.56 bits per heavy atom. The van der Waals surface area contributed by atoms with Crippen molar-refractivity contribution in [2.75, 3.05) is 5.73 Å². The summed E-state index contributed by atoms with van der Waals surface area (Å²) in [5, 5.41) is 2.28. The number of aromatic amines is 1. The van der Waals surface area contributed by atoms with E-state index < -0.39 is 0 Å². The van der Waals surface area contributed by atoms with Crippen molar-refractivity contribution in [1.82, 2.24) is 19.9 Å². The van der Waals surface area contributed by atoms with Crippen LogP contribution in [0.2, 0.25) is 0 Å². The molecule has 0 aliphatic carbocycles. The molecule has 0 fully saturated rings. The van der Waals surface area contributed by atoms with Gasteiger partial charge in [0.25, 0.3) is 0 Å². The van der Waals surface area contributed by atoms with Crippen molar-refractivity contribution in [2.45, 2.75) is 0 Å². The molecule has 134 valence electrons. The van der Waals surface area contributed by atoms with Crippen LogP contribution in [0, 0.1) is 0 Å². The van der Waals surface area contributed by atoms with Crippen molar-refractivity contribution >= 4 is 27.6 Å². The summed E-state index contributed by atoms with van der Waals surface area (Å²) >= 11 is 0. The van der Waals surface area contributed by atoms with E-state index in [0.717, 1.165) is 33.2 Å². The van der Waals surface area contributed by atoms with Gasteiger partial charge >= 0.3 is 0 Å². The number of aromatic nitrogens is 4. The van der Waals surface area contributed by atoms with Crippen molar-refractivity contribution in [3.05, 3.63) is 85.3 Å². The number of nitrogens with one attached hydrogen (secondary N) is 1. The molecule has 0 atom stereocenters. The summed E-state index contributed by atoms with van der Waals surface area (Å²) in [5.74, 6) is 1.34. The standard InChI is InChI=1S/C12H8N2.C9H9N3.Ru/c1-3-9-5-6-11-10(4-2-7-13-11)12(9)14-8-1;10-8-6-11-9(12-8)7-4-2-1-3-5-7;/h1-8H;1-6H,10H2,(H,11,12);. The monoisotopic (exact) mass is 441 g/mol. The van der Waals surface area contributed by atoms with E-state index in [2.05, 4.69) is 38.1 Å². The Morgan fingerprint density at radius 3 is 2.33 bits per heavy atom. The minimum absolute atomic E-state index is 0. The zero-order valence-corrected chi connectivity index (χ0v) is 16.1. The molecule has 3 N–H and O–H groups in total. The Balaban J connectivity index is 0.000000152. The minimum atomic E-state index is 0. The van der Waals surface area contributed by atoms with Crippen molar-refractivity contribution in [1.29, 1.82) is 0 Å². The number of rotatable bonds is 1. The molecule has 0 spiro atoms. The van der Waals surface area contributed by atoms with Gasteiger partial charge in [0.2, 0.25) is 0 Å². The summed E-state index contributed by atoms with van der Waals surface area (Å²) in [4.78, 5) is 15.7. The van der Waals surface area contributed by atoms with Gasteiger partial charge in [0.15, 0.2) is 0 Å². The number of hydrogen-bond donors (Lipinski definition) is 2. The van der Waals surface area contributed by atoms with Crippen LogP contribution in [-0.4, -0.2) is 19.9 Å². The van der Waals surface area contributed by atoms with Crippen molar-refractivity contribution < 1.29 is 19.5 Å². The predicted molar refractivity (Wildman–Crippen MR) is 105 cm³/mol. The smallest absolute Gasteiger partial charge is 0.142 e. The maximum absolute atomic E-state index is 5.47. The van der Waals surface area contributed by atoms with Crippen LogP contribution in [0.15, 0.2) is 85.3 Å². The van der Waals surface area contributed by atoms with Crippen LogP contribution >= 0.6 is 0 Å². The minimum Gasteiger partial charge on any atom is -0.382 e. The largest absolute Gasteiger partial charge is 0.382 e. The van der Waals surface area contributed by atoms with E-state index in [4.69, 9.17) is 5.73 Å². The molecule has 0 saturated carbocycles. The molecule has 0 aliphatic rings. The van der Waals surface area contributed by atoms with Crippen LogP contribution in [0.3, 0.4) is 0 Å². The van der Waals surface area contributed by atoms with Gasteiger partial charge in [-0.1, -0.05) is 42.5 Å². The van der Waals surface area contributed by atoms with Crippen LogP contribution in [0.5, 0.6) is 0 Å². The normalized spacial score (nSPS) is 10.1. The molecule has 0 bridgehead atoms. The number of benzene rings is 2. The van der Waals surface area contributed by atoms with E-state index in [1.54, 1.807) is 12.4 Å². The van der Waals surface area contributed by atoms with E-state index in [9.17, 15) is 0 Å². The van der Waals surface area contributed by atoms with Crippen molar-refractivity contribution in [2.24, 2.45) is 0 Å². The number of nitrogen functional groups attached to an aromatic ring is 1. The Kier molecular flexibility index (Phi) is 5.89. The molecule has 5 aromatic rings. The molecule has 6 heteroatoms. The fourth-order valence-corrected chi connectivity index (χ4v) is 2.78. The summed E-state index contributed by atoms with van der Waals surface area (Å²) in [6.45, 7) is 0. The summed E-state index contributed by atoms with van der Waals surface area (Å²) in [6, 6.07) is 22.0. The van der Waals surface area contributed by atoms with Gasteiger partial charge in [-0.3, -0.25) is 9.97 Å². The molecule has 0 aliphatic heterocycles. The van der Waals surface area contributed by atoms with Gasteiger partial charge < -0.3 is 10.7 Å². The molecule has 0 unspecified atom stereocenters. The van der Waals surface area contributed by atoms with Gasteiger partial charge in [0.1, 0.15) is 11.6 Å². The van der Waals surface area contributed by atoms with E-state index in [1.165, 1.54) is 0 Å². The quantitative estimate of drug-likeness (QED) is 0.298. The van der Waals surface area contributed by atoms with Gasteiger partial charge in [-0.25, -0.2) is 4.98 Å². The first-order valence-electron chi connectivity index (χ1n) is 8.26. The molecular weight excluding hydrogens is 423 g/mol. The Morgan fingerprint density at radius 1 is 0.778 bits per heavy atom. The maximum Gasteiger partial charge on any atom is 0.142 e. The SMILES string of the molecule is Nc1c[nH]c(-c2ccccc2)n1.[Ru].c1cnc2c(c1)ccc1ncccc12. The Labute approximate surface area is 169 Å². The van der Waals surface area contributed by atoms with Crippen molar-refractivity contribution in [3.8, 4) is 11.4 Å². The fraction of sp³-hybridized carbons (Fsp3) is 0. The van der Waals surface area contributed by atoms with E-state index in [1.807, 2.05) is 54.7 Å². The van der Waals surface area contributed by atoms with Crippen LogP contribution in [0.25, 0.3) is 33.2 Å². The van der Waals surface area contributed by atoms with Gasteiger partial charge in [-0.15, -0.1) is 0 Å². The first-order chi connectivity index (χ1) is 12.8. The first kappa shape index (κ1) is 18.7. The van der Waals surface area contributed by atoms with Gasteiger partial charge in [-0.2, -0.15) is 0 Å². The first-order valence-corrected chi connectivity index (χ1v) is 8.26. The number of fused-ring (bicyclic) bond motifs is 3. The Hall–Kier alpha value is -3.11. The van der Waals surface area contributed by atoms with Crippen LogP contribution in [0.1, 0.15) is 0 Å². The molecular formula is C21H17N5Ru. The molecule has 2 aromatic carbocycles. The molecule has 0 amide bonds. The second-order valence-corrected chi connectivity index (χ2v) is 5.75. The van der Waals surface area contributed by atoms with Crippen molar-refractivity contribution in [3.63, 3.8) is 0 Å². The second-order valence-electron chi connectivity index (χ2n) is 5.75. The van der Waals surface area contributed by atoms with Crippen LogP contribution in [0.4, 0.5) is 5.82 Å². The Bertz CT molecular complexity index is 1100. The number of pyridine rings is 2. The number of H-pyrrole nitrogens is 1. The van der Waals surface area contributed by atoms with Gasteiger partial charge in [0, 0.05) is 54.4 Å². The second kappa shape index (κ2) is 8.52. The molecule has 5 nitrogen and oxygen atoms in total. The fourth-order valence-electron chi connectivity index (χ4n) is 2.78. The molecule has 0 saturated heterocycles. The van der Waals surface area contributed by atoms with E-state index >= 15 is 0 Å². The maximum atomic E-state index is 5.47. The van der Waals surface area contributed by atoms with Gasteiger partial charge in [-0.05, 0) is 24.3 Å². The zero-order chi connectivity index (χ0) is 17.8. The third-order valence-electron chi connectivity index (χ3n) is 4.00. The van der Waals surface area contributed by atoms with Gasteiger partial charge in [0.05, 0.1) is 11.0 Å². The van der Waals surface area contributed by atoms with E-state index in [0.29, 0.717) is 5.82 Å². The third-order valence-corrected chi connectivity index (χ3v) is 4.00. The average molecular weight is 440 g/mol. The summed E-state index contributed by atoms with van der Waals surface area (Å²) in [7, 11) is 0. The number of nitrogens with two attached hydrogens (primary N) is 1. The third kappa shape index (κ3) is 4.18. The van der Waals surface area contributed by atoms with E-state index in [-0.39, 0.29) is 19.5 Å². The molecule has 3 aromatic heterocycles. The molecule has 27 heavy (non-hydrogen) atoms. The number of anilines is 1. The topological polar surface area (TPSA) is 80.5 Å². The zero-order valence-electron chi connectivity index (χ0n) is 14.4. The van der Waals surface area contributed by atoms with Crippen LogP contribution in [-0.2, 0) is 19.5 Å². The summed E-state index contributed by atoms with van der Waals surface area (Å²) < 4.78 is 0. The number of nitrogens with zero attached hydrogens (tertiary/aromatic N) is 3. The molecule has 3 heterocycles. The van der Waals surface area contributed by atoms with Crippen LogP contribution < -0.4 is 5.73 Å². The summed E-state index contributed by atoms with van der Waals surface area (Å²) in [6.07, 6.45) is 5.30. The average Bonchev–Trinajstić information content (AvgIpc) is 3.15. The predicted octanol–water partition coefficient (Wildman–Crippen LogP) is 4.44. The number of imidazole rings is 1. The number of hydrogen-bond acceptors (Lipinski definition) is 4. The molecule has 5 rings (SSSR count). The summed E-state index contributed by atoms with van der Waals surface area (Å²) in [5.41, 5.74) is 8.55. The molecule has 0 radical (unpaired) electrons.